The highest BCUT2D eigenvalue weighted by Crippen LogP contribution is 2.39. The first-order chi connectivity index (χ1) is 17.9. The van der Waals surface area contributed by atoms with Crippen LogP contribution >= 0.6 is 15.9 Å². The number of carbonyl (C=O) groups excluding carboxylic acids is 2. The normalized spacial score (nSPS) is 14.1. The summed E-state index contributed by atoms with van der Waals surface area (Å²) in [5.41, 5.74) is 4.51. The smallest absolute Gasteiger partial charge is 0.276 e. The fourth-order valence-electron chi connectivity index (χ4n) is 3.96. The van der Waals surface area contributed by atoms with Crippen LogP contribution in [0, 0.1) is 12.3 Å². The second-order valence-electron chi connectivity index (χ2n) is 7.80. The Labute approximate surface area is 222 Å². The number of hydrazine groups is 1. The van der Waals surface area contributed by atoms with E-state index in [2.05, 4.69) is 32.6 Å². The summed E-state index contributed by atoms with van der Waals surface area (Å²) < 4.78 is 22.6. The van der Waals surface area contributed by atoms with Gasteiger partial charge in [-0.15, -0.1) is 6.42 Å². The summed E-state index contributed by atoms with van der Waals surface area (Å²) in [6, 6.07) is 15.4. The summed E-state index contributed by atoms with van der Waals surface area (Å²) in [4.78, 5) is 27.1. The van der Waals surface area contributed by atoms with Crippen LogP contribution in [-0.2, 0) is 0 Å². The van der Waals surface area contributed by atoms with Crippen molar-refractivity contribution in [1.82, 2.24) is 10.4 Å². The zero-order chi connectivity index (χ0) is 26.5. The van der Waals surface area contributed by atoms with Crippen molar-refractivity contribution in [3.8, 4) is 35.3 Å². The monoisotopic (exact) mass is 565 g/mol. The molecule has 0 bridgehead atoms. The van der Waals surface area contributed by atoms with Crippen LogP contribution in [0.15, 0.2) is 59.1 Å². The van der Waals surface area contributed by atoms with E-state index in [1.807, 2.05) is 6.07 Å². The Morgan fingerprint density at radius 2 is 1.76 bits per heavy atom. The molecule has 0 unspecified atom stereocenters. The average Bonchev–Trinajstić information content (AvgIpc) is 2.92. The van der Waals surface area contributed by atoms with Gasteiger partial charge in [0.1, 0.15) is 12.4 Å². The third kappa shape index (κ3) is 5.13. The maximum atomic E-state index is 13.6. The number of hydrogen-bond acceptors (Lipinski definition) is 7. The van der Waals surface area contributed by atoms with Crippen molar-refractivity contribution < 1.29 is 28.5 Å². The number of rotatable bonds is 8. The summed E-state index contributed by atoms with van der Waals surface area (Å²) in [6.07, 6.45) is 4.57. The predicted molar refractivity (Wildman–Crippen MR) is 141 cm³/mol. The third-order valence-corrected chi connectivity index (χ3v) is 6.15. The first-order valence-electron chi connectivity index (χ1n) is 11.1. The number of nitrogens with zero attached hydrogens (tertiary/aromatic N) is 1. The number of fused-ring (bicyclic) bond motifs is 1. The van der Waals surface area contributed by atoms with Gasteiger partial charge in [-0.1, -0.05) is 34.0 Å². The highest BCUT2D eigenvalue weighted by Gasteiger charge is 2.36. The molecule has 1 atom stereocenters. The fourth-order valence-corrected chi connectivity index (χ4v) is 4.34. The molecule has 0 aromatic heterocycles. The molecule has 37 heavy (non-hydrogen) atoms. The van der Waals surface area contributed by atoms with Gasteiger partial charge < -0.3 is 24.3 Å². The van der Waals surface area contributed by atoms with E-state index in [0.717, 1.165) is 4.47 Å². The van der Waals surface area contributed by atoms with E-state index in [1.165, 1.54) is 38.5 Å². The Morgan fingerprint density at radius 1 is 1.05 bits per heavy atom. The number of benzene rings is 3. The highest BCUT2D eigenvalue weighted by molar-refractivity contribution is 9.10. The van der Waals surface area contributed by atoms with Crippen LogP contribution in [0.5, 0.6) is 23.0 Å². The molecule has 1 aliphatic heterocycles. The Kier molecular flexibility index (Phi) is 7.74. The number of carbonyl (C=O) groups is 2. The number of para-hydroxylation sites is 1. The van der Waals surface area contributed by atoms with Gasteiger partial charge in [0.25, 0.3) is 11.8 Å². The lowest BCUT2D eigenvalue weighted by molar-refractivity contribution is 0.0488. The van der Waals surface area contributed by atoms with Crippen molar-refractivity contribution in [1.29, 1.82) is 0 Å². The molecule has 1 aliphatic rings. The van der Waals surface area contributed by atoms with Gasteiger partial charge in [-0.3, -0.25) is 15.0 Å². The predicted octanol–water partition coefficient (Wildman–Crippen LogP) is 4.40. The Hall–Kier alpha value is -4.36. The highest BCUT2D eigenvalue weighted by atomic mass is 79.9. The van der Waals surface area contributed by atoms with Crippen LogP contribution in [0.4, 0.5) is 5.69 Å². The van der Waals surface area contributed by atoms with Crippen LogP contribution in [0.1, 0.15) is 32.4 Å². The molecular weight excluding hydrogens is 542 g/mol. The van der Waals surface area contributed by atoms with Crippen molar-refractivity contribution in [3.05, 3.63) is 75.8 Å². The van der Waals surface area contributed by atoms with Gasteiger partial charge >= 0.3 is 0 Å². The van der Waals surface area contributed by atoms with Crippen molar-refractivity contribution >= 4 is 33.4 Å². The number of hydrogen-bond donors (Lipinski definition) is 2. The lowest BCUT2D eigenvalue weighted by atomic mass is 10.0. The molecule has 2 amide bonds. The summed E-state index contributed by atoms with van der Waals surface area (Å²) in [6.45, 7) is 0.0314. The Bertz CT molecular complexity index is 1360. The molecule has 0 saturated carbocycles. The van der Waals surface area contributed by atoms with E-state index < -0.39 is 18.0 Å². The van der Waals surface area contributed by atoms with Crippen LogP contribution in [-0.4, -0.2) is 44.8 Å². The van der Waals surface area contributed by atoms with E-state index in [-0.39, 0.29) is 12.2 Å². The standard InChI is InChI=1S/C27H24BrN3O6/c1-5-12-37-21-11-10-17(28)15-19(21)25-29-20-9-7-6-8-18(20)27(33)31(25)30-26(32)16-13-22(34-2)24(36-4)23(14-16)35-3/h1,6-11,13-15,25,29H,12H2,2-4H3,(H,30,32)/t25-/m0/s1. The zero-order valence-corrected chi connectivity index (χ0v) is 21.9. The molecule has 0 spiro atoms. The molecule has 4 rings (SSSR count). The lowest BCUT2D eigenvalue weighted by Crippen LogP contribution is -2.53. The number of halogens is 1. The first-order valence-corrected chi connectivity index (χ1v) is 11.9. The molecule has 0 radical (unpaired) electrons. The fraction of sp³-hybridized carbons (Fsp3) is 0.185. The minimum atomic E-state index is -0.821. The summed E-state index contributed by atoms with van der Waals surface area (Å²) in [5, 5.41) is 4.55. The Morgan fingerprint density at radius 3 is 2.41 bits per heavy atom. The van der Waals surface area contributed by atoms with Gasteiger partial charge in [-0.2, -0.15) is 0 Å². The van der Waals surface area contributed by atoms with Gasteiger partial charge in [-0.05, 0) is 42.5 Å². The van der Waals surface area contributed by atoms with Crippen molar-refractivity contribution in [3.63, 3.8) is 0 Å². The quantitative estimate of drug-likeness (QED) is 0.390. The number of methoxy groups -OCH3 is 3. The second kappa shape index (κ2) is 11.1. The lowest BCUT2D eigenvalue weighted by Gasteiger charge is -2.38. The van der Waals surface area contributed by atoms with Crippen LogP contribution < -0.4 is 29.7 Å². The molecule has 9 nitrogen and oxygen atoms in total. The molecule has 190 valence electrons. The SMILES string of the molecule is C#CCOc1ccc(Br)cc1[C@H]1Nc2ccccc2C(=O)N1NC(=O)c1cc(OC)c(OC)c(OC)c1. The van der Waals surface area contributed by atoms with Gasteiger partial charge in [-0.25, -0.2) is 5.01 Å². The summed E-state index contributed by atoms with van der Waals surface area (Å²) >= 11 is 3.48. The van der Waals surface area contributed by atoms with Crippen LogP contribution in [0.3, 0.4) is 0 Å². The first kappa shape index (κ1) is 25.7. The maximum absolute atomic E-state index is 13.6. The van der Waals surface area contributed by atoms with Crippen molar-refractivity contribution in [2.75, 3.05) is 33.3 Å². The van der Waals surface area contributed by atoms with Gasteiger partial charge in [0.05, 0.1) is 26.9 Å². The molecule has 0 aliphatic carbocycles. The van der Waals surface area contributed by atoms with E-state index in [4.69, 9.17) is 25.4 Å². The number of nitrogens with one attached hydrogen (secondary N) is 2. The third-order valence-electron chi connectivity index (χ3n) is 5.65. The topological polar surface area (TPSA) is 98.4 Å². The van der Waals surface area contributed by atoms with E-state index in [1.54, 1.807) is 36.4 Å². The molecule has 10 heteroatoms. The van der Waals surface area contributed by atoms with Gasteiger partial charge in [0, 0.05) is 21.3 Å². The molecule has 0 saturated heterocycles. The van der Waals surface area contributed by atoms with E-state index >= 15 is 0 Å². The number of amides is 2. The van der Waals surface area contributed by atoms with Crippen LogP contribution in [0.2, 0.25) is 0 Å². The van der Waals surface area contributed by atoms with E-state index in [9.17, 15) is 9.59 Å². The second-order valence-corrected chi connectivity index (χ2v) is 8.71. The molecule has 2 N–H and O–H groups in total. The average molecular weight is 566 g/mol. The zero-order valence-electron chi connectivity index (χ0n) is 20.3. The number of anilines is 1. The van der Waals surface area contributed by atoms with Crippen molar-refractivity contribution in [2.24, 2.45) is 0 Å². The van der Waals surface area contributed by atoms with Gasteiger partial charge in [0.15, 0.2) is 17.7 Å². The van der Waals surface area contributed by atoms with Crippen molar-refractivity contribution in [2.45, 2.75) is 6.17 Å². The largest absolute Gasteiger partial charge is 0.493 e. The molecule has 3 aromatic carbocycles. The number of terminal acetylenes is 1. The number of ether oxygens (including phenoxy) is 4. The summed E-state index contributed by atoms with van der Waals surface area (Å²) in [5.74, 6) is 2.86. The molecule has 0 fully saturated rings. The minimum absolute atomic E-state index is 0.0314. The Balaban J connectivity index is 1.77. The van der Waals surface area contributed by atoms with E-state index in [0.29, 0.717) is 39.8 Å². The summed E-state index contributed by atoms with van der Waals surface area (Å²) in [7, 11) is 4.38. The molecule has 1 heterocycles. The maximum Gasteiger partial charge on any atom is 0.276 e. The van der Waals surface area contributed by atoms with Gasteiger partial charge in [0.2, 0.25) is 5.75 Å². The minimum Gasteiger partial charge on any atom is -0.493 e. The molecule has 3 aromatic rings. The molecular formula is C27H24BrN3O6. The van der Waals surface area contributed by atoms with Crippen LogP contribution in [0.25, 0.3) is 0 Å².